The molecule has 150 valence electrons. The molecule has 1 aliphatic rings. The largest absolute Gasteiger partial charge is 0.475 e. The van der Waals surface area contributed by atoms with Crippen molar-refractivity contribution in [2.45, 2.75) is 32.5 Å². The minimum Gasteiger partial charge on any atom is -0.475 e. The van der Waals surface area contributed by atoms with Gasteiger partial charge in [-0.1, -0.05) is 13.0 Å². The first-order valence-corrected chi connectivity index (χ1v) is 9.27. The van der Waals surface area contributed by atoms with Crippen LogP contribution in [0.3, 0.4) is 0 Å². The van der Waals surface area contributed by atoms with E-state index in [0.29, 0.717) is 35.2 Å². The maximum absolute atomic E-state index is 14.0. The Kier molecular flexibility index (Phi) is 6.07. The summed E-state index contributed by atoms with van der Waals surface area (Å²) in [4.78, 5) is 26.5. The van der Waals surface area contributed by atoms with E-state index in [0.717, 1.165) is 10.9 Å². The fraction of sp³-hybridized carbons (Fsp3) is 0.333. The van der Waals surface area contributed by atoms with E-state index in [9.17, 15) is 19.2 Å². The van der Waals surface area contributed by atoms with Crippen LogP contribution in [0.2, 0.25) is 0 Å². The molecular weight excluding hydrogens is 375 g/mol. The maximum atomic E-state index is 14.0. The lowest BCUT2D eigenvalue weighted by Gasteiger charge is -2.19. The van der Waals surface area contributed by atoms with Gasteiger partial charge in [0.05, 0.1) is 11.6 Å². The lowest BCUT2D eigenvalue weighted by atomic mass is 9.97. The third kappa shape index (κ3) is 4.04. The summed E-state index contributed by atoms with van der Waals surface area (Å²) in [5.74, 6) is -0.727. The van der Waals surface area contributed by atoms with Gasteiger partial charge in [-0.15, -0.1) is 0 Å². The van der Waals surface area contributed by atoms with Crippen molar-refractivity contribution in [2.75, 3.05) is 6.61 Å². The molecule has 1 fully saturated rings. The number of halogens is 1. The van der Waals surface area contributed by atoms with E-state index in [1.54, 1.807) is 12.3 Å². The minimum atomic E-state index is -1.53. The molecule has 0 saturated carbocycles. The number of ether oxygens (including phenoxy) is 1. The summed E-state index contributed by atoms with van der Waals surface area (Å²) in [7, 11) is 0. The van der Waals surface area contributed by atoms with Gasteiger partial charge in [0.2, 0.25) is 12.3 Å². The number of nitrogens with zero attached hydrogens (tertiary/aromatic N) is 2. The topological polar surface area (TPSA) is 104 Å². The lowest BCUT2D eigenvalue weighted by Crippen LogP contribution is -2.34. The van der Waals surface area contributed by atoms with Crippen LogP contribution in [0.25, 0.3) is 16.3 Å². The second-order valence-electron chi connectivity index (χ2n) is 6.86. The highest BCUT2D eigenvalue weighted by molar-refractivity contribution is 5.93. The van der Waals surface area contributed by atoms with Crippen LogP contribution in [-0.2, 0) is 9.59 Å². The van der Waals surface area contributed by atoms with E-state index in [4.69, 9.17) is 4.74 Å². The zero-order valence-electron chi connectivity index (χ0n) is 16.1. The van der Waals surface area contributed by atoms with Crippen LogP contribution < -0.4 is 15.4 Å². The Morgan fingerprint density at radius 2 is 2.28 bits per heavy atom. The Morgan fingerprint density at radius 3 is 2.97 bits per heavy atom. The number of rotatable bonds is 7. The van der Waals surface area contributed by atoms with Crippen molar-refractivity contribution in [3.63, 3.8) is 0 Å². The van der Waals surface area contributed by atoms with Crippen LogP contribution in [0.4, 0.5) is 4.39 Å². The highest BCUT2D eigenvalue weighted by atomic mass is 19.1. The third-order valence-electron chi connectivity index (χ3n) is 5.12. The second kappa shape index (κ2) is 8.69. The van der Waals surface area contributed by atoms with Gasteiger partial charge in [0, 0.05) is 23.7 Å². The first kappa shape index (κ1) is 20.3. The molecule has 3 atom stereocenters. The van der Waals surface area contributed by atoms with Gasteiger partial charge in [-0.2, -0.15) is 5.26 Å². The molecule has 7 nitrogen and oxygen atoms in total. The number of benzene rings is 1. The molecule has 0 bridgehead atoms. The molecule has 3 rings (SSSR count). The summed E-state index contributed by atoms with van der Waals surface area (Å²) in [5.41, 5.74) is 1.78. The Hall–Kier alpha value is -3.47. The fourth-order valence-electron chi connectivity index (χ4n) is 3.59. The zero-order chi connectivity index (χ0) is 21.0. The summed E-state index contributed by atoms with van der Waals surface area (Å²) in [6.45, 7) is 3.79. The molecule has 0 spiro atoms. The number of hydrogen-bond donors (Lipinski definition) is 2. The van der Waals surface area contributed by atoms with Crippen LogP contribution in [0, 0.1) is 24.2 Å². The highest BCUT2D eigenvalue weighted by Crippen LogP contribution is 2.30. The second-order valence-corrected chi connectivity index (χ2v) is 6.86. The van der Waals surface area contributed by atoms with E-state index in [-0.39, 0.29) is 6.61 Å². The number of amides is 2. The number of allylic oxidation sites excluding steroid dienone is 1. The van der Waals surface area contributed by atoms with Crippen molar-refractivity contribution in [3.8, 4) is 11.9 Å². The van der Waals surface area contributed by atoms with Gasteiger partial charge in [-0.25, -0.2) is 9.37 Å². The van der Waals surface area contributed by atoms with Crippen molar-refractivity contribution < 1.29 is 18.7 Å². The van der Waals surface area contributed by atoms with Gasteiger partial charge in [0.25, 0.3) is 5.91 Å². The smallest absolute Gasteiger partial charge is 0.255 e. The third-order valence-corrected chi connectivity index (χ3v) is 5.12. The molecule has 1 aromatic carbocycles. The molecule has 0 aliphatic carbocycles. The summed E-state index contributed by atoms with van der Waals surface area (Å²) in [6.07, 6.45) is 2.41. The van der Waals surface area contributed by atoms with Gasteiger partial charge in [0.1, 0.15) is 12.7 Å². The van der Waals surface area contributed by atoms with Crippen LogP contribution in [0.1, 0.15) is 24.5 Å². The van der Waals surface area contributed by atoms with E-state index in [1.165, 1.54) is 6.20 Å². The number of nitrogens with one attached hydrogen (secondary N) is 2. The standard InChI is InChI=1S/C21H21FN4O3/c1-3-15-18(26-20(28)19(15)22)10-29-21-17-7-16(14(8-23)9-24-11-27)12(2)6-13(17)4-5-25-21/h4-7,9,11,15,18-19H,3,10H2,1-2H3,(H,24,27)(H,26,28)/b14-9-. The SMILES string of the molecule is CCC1C(COc2nccc3cc(C)c(/C(C#N)=C\NC=O)cc23)NC(=O)C1F. The van der Waals surface area contributed by atoms with Crippen LogP contribution >= 0.6 is 0 Å². The van der Waals surface area contributed by atoms with Crippen LogP contribution in [-0.4, -0.2) is 36.1 Å². The monoisotopic (exact) mass is 396 g/mol. The molecule has 2 N–H and O–H groups in total. The van der Waals surface area contributed by atoms with Crippen molar-refractivity contribution >= 4 is 28.7 Å². The Morgan fingerprint density at radius 1 is 1.48 bits per heavy atom. The first-order chi connectivity index (χ1) is 14.0. The molecule has 2 aromatic rings. The maximum Gasteiger partial charge on any atom is 0.255 e. The zero-order valence-corrected chi connectivity index (χ0v) is 16.1. The number of hydrogen-bond acceptors (Lipinski definition) is 5. The molecule has 2 amide bonds. The molecule has 0 radical (unpaired) electrons. The average molecular weight is 396 g/mol. The molecule has 1 saturated heterocycles. The predicted molar refractivity (Wildman–Crippen MR) is 105 cm³/mol. The summed E-state index contributed by atoms with van der Waals surface area (Å²) < 4.78 is 19.8. The molecule has 1 aromatic heterocycles. The molecule has 8 heteroatoms. The fourth-order valence-corrected chi connectivity index (χ4v) is 3.59. The normalized spacial score (nSPS) is 21.5. The number of carbonyl (C=O) groups is 2. The predicted octanol–water partition coefficient (Wildman–Crippen LogP) is 2.40. The number of fused-ring (bicyclic) bond motifs is 1. The van der Waals surface area contributed by atoms with Crippen molar-refractivity contribution in [2.24, 2.45) is 5.92 Å². The van der Waals surface area contributed by atoms with E-state index in [1.807, 2.05) is 26.0 Å². The van der Waals surface area contributed by atoms with E-state index in [2.05, 4.69) is 21.7 Å². The van der Waals surface area contributed by atoms with Crippen molar-refractivity contribution in [1.82, 2.24) is 15.6 Å². The van der Waals surface area contributed by atoms with Gasteiger partial charge < -0.3 is 15.4 Å². The molecule has 29 heavy (non-hydrogen) atoms. The number of nitriles is 1. The molecule has 1 aliphatic heterocycles. The number of pyridine rings is 1. The van der Waals surface area contributed by atoms with Crippen molar-refractivity contribution in [3.05, 3.63) is 41.7 Å². The highest BCUT2D eigenvalue weighted by Gasteiger charge is 2.41. The van der Waals surface area contributed by atoms with Gasteiger partial charge >= 0.3 is 0 Å². The molecule has 2 heterocycles. The van der Waals surface area contributed by atoms with Gasteiger partial charge in [-0.05, 0) is 42.0 Å². The van der Waals surface area contributed by atoms with Crippen molar-refractivity contribution in [1.29, 1.82) is 5.26 Å². The van der Waals surface area contributed by atoms with Crippen LogP contribution in [0.15, 0.2) is 30.6 Å². The quantitative estimate of drug-likeness (QED) is 0.552. The number of aryl methyl sites for hydroxylation is 1. The number of aromatic nitrogens is 1. The first-order valence-electron chi connectivity index (χ1n) is 9.27. The molecule has 3 unspecified atom stereocenters. The van der Waals surface area contributed by atoms with Crippen LogP contribution in [0.5, 0.6) is 5.88 Å². The molecular formula is C21H21FN4O3. The Balaban J connectivity index is 1.93. The lowest BCUT2D eigenvalue weighted by molar-refractivity contribution is -0.124. The summed E-state index contributed by atoms with van der Waals surface area (Å²) >= 11 is 0. The average Bonchev–Trinajstić information content (AvgIpc) is 3.00. The van der Waals surface area contributed by atoms with E-state index >= 15 is 0 Å². The minimum absolute atomic E-state index is 0.0909. The Labute approximate surface area is 167 Å². The number of carbonyl (C=O) groups excluding carboxylic acids is 2. The summed E-state index contributed by atoms with van der Waals surface area (Å²) in [5, 5.41) is 16.0. The number of alkyl halides is 1. The van der Waals surface area contributed by atoms with E-state index < -0.39 is 24.0 Å². The summed E-state index contributed by atoms with van der Waals surface area (Å²) in [6, 6.07) is 7.13. The van der Waals surface area contributed by atoms with Gasteiger partial charge in [0.15, 0.2) is 6.17 Å². The Bertz CT molecular complexity index is 1010. The van der Waals surface area contributed by atoms with Gasteiger partial charge in [-0.3, -0.25) is 9.59 Å².